The zero-order chi connectivity index (χ0) is 7.70. The molecule has 0 radical (unpaired) electrons. The Kier molecular flexibility index (Phi) is 26.2. The van der Waals surface area contributed by atoms with Gasteiger partial charge in [0.15, 0.2) is 0 Å². The van der Waals surface area contributed by atoms with Crippen LogP contribution in [0.2, 0.25) is 0 Å². The molecule has 66 valence electrons. The first kappa shape index (κ1) is 16.4. The number of hydrogen-bond donors (Lipinski definition) is 2. The summed E-state index contributed by atoms with van der Waals surface area (Å²) >= 11 is 0. The van der Waals surface area contributed by atoms with E-state index in [4.69, 9.17) is 10.8 Å². The van der Waals surface area contributed by atoms with Gasteiger partial charge in [-0.2, -0.15) is 0 Å². The zero-order valence-corrected chi connectivity index (χ0v) is 7.09. The Labute approximate surface area is 62.9 Å². The predicted molar refractivity (Wildman–Crippen MR) is 44.0 cm³/mol. The second-order valence-corrected chi connectivity index (χ2v) is 2.21. The van der Waals surface area contributed by atoms with E-state index in [0.29, 0.717) is 6.54 Å². The molecule has 0 heterocycles. The van der Waals surface area contributed by atoms with E-state index >= 15 is 0 Å². The van der Waals surface area contributed by atoms with Gasteiger partial charge in [0.25, 0.3) is 0 Å². The fourth-order valence-electron chi connectivity index (χ4n) is 0.0913. The maximum atomic E-state index is 7.99. The van der Waals surface area contributed by atoms with Gasteiger partial charge >= 0.3 is 0 Å². The molecular formula is C6H20N2O2. The third-order valence-electron chi connectivity index (χ3n) is 0.362. The first-order chi connectivity index (χ1) is 4.15. The average molecular weight is 152 g/mol. The number of nitrogens with zero attached hydrogens (tertiary/aromatic N) is 1. The van der Waals surface area contributed by atoms with Crippen molar-refractivity contribution in [3.8, 4) is 0 Å². The lowest BCUT2D eigenvalue weighted by molar-refractivity contribution is 0.291. The van der Waals surface area contributed by atoms with Crippen molar-refractivity contribution < 1.29 is 10.6 Å². The Hall–Kier alpha value is -0.160. The molecule has 0 rings (SSSR count). The lowest BCUT2D eigenvalue weighted by atomic mass is 10.5. The number of nitrogens with two attached hydrogens (primary N) is 1. The molecule has 0 aliphatic rings. The molecule has 0 aliphatic carbocycles. The third kappa shape index (κ3) is 108. The summed E-state index contributed by atoms with van der Waals surface area (Å²) in [4.78, 5) is 2.00. The topological polar surface area (TPSA) is 81.0 Å². The molecule has 10 heavy (non-hydrogen) atoms. The van der Waals surface area contributed by atoms with Crippen molar-refractivity contribution >= 4 is 0 Å². The van der Waals surface area contributed by atoms with E-state index in [-0.39, 0.29) is 12.1 Å². The molecule has 0 atom stereocenters. The molecule has 0 bridgehead atoms. The molecule has 0 spiro atoms. The standard InChI is InChI=1S/C3H9NO.C3H9N.H2O/c4-2-1-3-5;1-4(2)3;/h5H,1-4H2;1-3H3;1H2. The largest absolute Gasteiger partial charge is 0.412 e. The Morgan fingerprint density at radius 2 is 1.60 bits per heavy atom. The van der Waals surface area contributed by atoms with Crippen LogP contribution in [-0.2, 0) is 0 Å². The van der Waals surface area contributed by atoms with Gasteiger partial charge in [-0.05, 0) is 34.1 Å². The number of aliphatic hydroxyl groups is 1. The maximum absolute atomic E-state index is 7.99. The molecule has 0 saturated carbocycles. The molecule has 0 aliphatic heterocycles. The minimum Gasteiger partial charge on any atom is -0.412 e. The van der Waals surface area contributed by atoms with Gasteiger partial charge < -0.3 is 21.2 Å². The van der Waals surface area contributed by atoms with E-state index in [2.05, 4.69) is 0 Å². The normalized spacial score (nSPS) is 7.80. The molecular weight excluding hydrogens is 132 g/mol. The Morgan fingerprint density at radius 3 is 1.60 bits per heavy atom. The fraction of sp³-hybridized carbons (Fsp3) is 1.00. The van der Waals surface area contributed by atoms with Crippen LogP contribution >= 0.6 is 0 Å². The van der Waals surface area contributed by atoms with Crippen molar-refractivity contribution in [3.05, 3.63) is 0 Å². The summed E-state index contributed by atoms with van der Waals surface area (Å²) in [6.45, 7) is 0.812. The highest BCUT2D eigenvalue weighted by Crippen LogP contribution is 1.62. The van der Waals surface area contributed by atoms with Gasteiger partial charge in [-0.15, -0.1) is 0 Å². The summed E-state index contributed by atoms with van der Waals surface area (Å²) in [5.41, 5.74) is 4.98. The Bertz CT molecular complexity index is 38.0. The van der Waals surface area contributed by atoms with Crippen molar-refractivity contribution in [2.45, 2.75) is 6.42 Å². The molecule has 0 aromatic rings. The van der Waals surface area contributed by atoms with Crippen LogP contribution in [0.15, 0.2) is 0 Å². The predicted octanol–water partition coefficient (Wildman–Crippen LogP) is -1.32. The van der Waals surface area contributed by atoms with Crippen LogP contribution in [0, 0.1) is 0 Å². The Balaban J connectivity index is -0.0000000910. The average Bonchev–Trinajstić information content (AvgIpc) is 1.66. The smallest absolute Gasteiger partial charge is 0.0443 e. The first-order valence-corrected chi connectivity index (χ1v) is 3.07. The molecule has 5 N–H and O–H groups in total. The van der Waals surface area contributed by atoms with Crippen LogP contribution in [0.25, 0.3) is 0 Å². The first-order valence-electron chi connectivity index (χ1n) is 3.07. The molecule has 0 saturated heterocycles. The van der Waals surface area contributed by atoms with E-state index in [1.807, 2.05) is 26.0 Å². The lowest BCUT2D eigenvalue weighted by Gasteiger charge is -1.90. The molecule has 0 aromatic heterocycles. The van der Waals surface area contributed by atoms with Gasteiger partial charge in [0, 0.05) is 6.61 Å². The van der Waals surface area contributed by atoms with Crippen molar-refractivity contribution in [2.24, 2.45) is 5.73 Å². The third-order valence-corrected chi connectivity index (χ3v) is 0.362. The number of aliphatic hydroxyl groups excluding tert-OH is 1. The van der Waals surface area contributed by atoms with Gasteiger partial charge in [0.05, 0.1) is 0 Å². The lowest BCUT2D eigenvalue weighted by Crippen LogP contribution is -1.99. The quantitative estimate of drug-likeness (QED) is 0.515. The van der Waals surface area contributed by atoms with E-state index in [1.54, 1.807) is 0 Å². The van der Waals surface area contributed by atoms with Gasteiger partial charge in [-0.3, -0.25) is 0 Å². The van der Waals surface area contributed by atoms with Crippen molar-refractivity contribution in [1.29, 1.82) is 0 Å². The summed E-state index contributed by atoms with van der Waals surface area (Å²) in [6.07, 6.45) is 0.722. The monoisotopic (exact) mass is 152 g/mol. The van der Waals surface area contributed by atoms with Gasteiger partial charge in [-0.25, -0.2) is 0 Å². The van der Waals surface area contributed by atoms with Gasteiger partial charge in [0.1, 0.15) is 0 Å². The van der Waals surface area contributed by atoms with Gasteiger partial charge in [-0.1, -0.05) is 0 Å². The minimum atomic E-state index is 0. The van der Waals surface area contributed by atoms with Gasteiger partial charge in [0.2, 0.25) is 0 Å². The highest BCUT2D eigenvalue weighted by molar-refractivity contribution is 4.28. The van der Waals surface area contributed by atoms with Crippen LogP contribution in [-0.4, -0.2) is 49.8 Å². The molecule has 0 fully saturated rings. The summed E-state index contributed by atoms with van der Waals surface area (Å²) in [5.74, 6) is 0. The highest BCUT2D eigenvalue weighted by atomic mass is 16.2. The van der Waals surface area contributed by atoms with E-state index in [1.165, 1.54) is 0 Å². The van der Waals surface area contributed by atoms with E-state index < -0.39 is 0 Å². The number of hydrogen-bond acceptors (Lipinski definition) is 3. The molecule has 0 unspecified atom stereocenters. The molecule has 4 heteroatoms. The SMILES string of the molecule is CN(C)C.NCCCO.O. The summed E-state index contributed by atoms with van der Waals surface area (Å²) in [7, 11) is 6.00. The Morgan fingerprint density at radius 1 is 1.30 bits per heavy atom. The van der Waals surface area contributed by atoms with Crippen LogP contribution in [0.4, 0.5) is 0 Å². The van der Waals surface area contributed by atoms with Crippen LogP contribution in [0.3, 0.4) is 0 Å². The zero-order valence-electron chi connectivity index (χ0n) is 7.09. The van der Waals surface area contributed by atoms with Crippen molar-refractivity contribution in [1.82, 2.24) is 4.90 Å². The molecule has 0 amide bonds. The molecule has 4 nitrogen and oxygen atoms in total. The molecule has 0 aromatic carbocycles. The summed E-state index contributed by atoms with van der Waals surface area (Å²) in [5, 5.41) is 7.99. The minimum absolute atomic E-state index is 0. The second-order valence-electron chi connectivity index (χ2n) is 2.21. The maximum Gasteiger partial charge on any atom is 0.0443 e. The van der Waals surface area contributed by atoms with Crippen LogP contribution in [0.1, 0.15) is 6.42 Å². The number of rotatable bonds is 2. The van der Waals surface area contributed by atoms with Crippen LogP contribution in [0.5, 0.6) is 0 Å². The highest BCUT2D eigenvalue weighted by Gasteiger charge is 1.69. The van der Waals surface area contributed by atoms with E-state index in [9.17, 15) is 0 Å². The van der Waals surface area contributed by atoms with E-state index in [0.717, 1.165) is 6.42 Å². The summed E-state index contributed by atoms with van der Waals surface area (Å²) in [6, 6.07) is 0. The van der Waals surface area contributed by atoms with Crippen LogP contribution < -0.4 is 5.73 Å². The van der Waals surface area contributed by atoms with Crippen molar-refractivity contribution in [3.63, 3.8) is 0 Å². The fourth-order valence-corrected chi connectivity index (χ4v) is 0.0913. The second kappa shape index (κ2) is 15.9. The van der Waals surface area contributed by atoms with Crippen molar-refractivity contribution in [2.75, 3.05) is 34.3 Å². The summed E-state index contributed by atoms with van der Waals surface area (Å²) < 4.78 is 0.